The second kappa shape index (κ2) is 7.69. The van der Waals surface area contributed by atoms with Crippen LogP contribution < -0.4 is 14.8 Å². The van der Waals surface area contributed by atoms with Crippen LogP contribution >= 0.6 is 0 Å². The molecule has 6 rings (SSSR count). The molecule has 0 radical (unpaired) electrons. The van der Waals surface area contributed by atoms with Crippen molar-refractivity contribution in [2.24, 2.45) is 17.8 Å². The van der Waals surface area contributed by atoms with E-state index in [-0.39, 0.29) is 23.7 Å². The Kier molecular flexibility index (Phi) is 5.12. The lowest BCUT2D eigenvalue weighted by atomic mass is 9.59. The molecule has 0 aromatic heterocycles. The molecule has 2 amide bonds. The molecule has 1 aromatic rings. The zero-order valence-corrected chi connectivity index (χ0v) is 18.7. The van der Waals surface area contributed by atoms with Crippen LogP contribution in [0.4, 0.5) is 0 Å². The second-order valence-corrected chi connectivity index (χ2v) is 9.84. The van der Waals surface area contributed by atoms with Gasteiger partial charge in [0.15, 0.2) is 5.72 Å². The topological polar surface area (TPSA) is 71.1 Å². The van der Waals surface area contributed by atoms with Crippen LogP contribution in [-0.2, 0) is 4.79 Å². The number of hydrogen-bond acceptors (Lipinski definition) is 5. The number of rotatable bonds is 3. The van der Waals surface area contributed by atoms with Gasteiger partial charge in [-0.2, -0.15) is 0 Å². The van der Waals surface area contributed by atoms with E-state index in [1.54, 1.807) is 25.3 Å². The van der Waals surface area contributed by atoms with Gasteiger partial charge in [0, 0.05) is 56.5 Å². The van der Waals surface area contributed by atoms with E-state index in [0.29, 0.717) is 35.4 Å². The average molecular weight is 428 g/mol. The zero-order chi connectivity index (χ0) is 21.8. The largest absolute Gasteiger partial charge is 0.497 e. The van der Waals surface area contributed by atoms with Gasteiger partial charge in [-0.1, -0.05) is 0 Å². The molecule has 168 valence electrons. The first kappa shape index (κ1) is 20.6. The molecule has 0 unspecified atom stereocenters. The molecule has 1 N–H and O–H groups in total. The summed E-state index contributed by atoms with van der Waals surface area (Å²) in [6.07, 6.45) is 3.49. The minimum Gasteiger partial charge on any atom is -0.497 e. The van der Waals surface area contributed by atoms with Crippen molar-refractivity contribution in [3.8, 4) is 11.5 Å². The third kappa shape index (κ3) is 3.47. The fourth-order valence-electron chi connectivity index (χ4n) is 6.11. The molecule has 3 aliphatic carbocycles. The number of ether oxygens (including phenoxy) is 2. The van der Waals surface area contributed by atoms with E-state index in [0.717, 1.165) is 45.4 Å². The molecule has 2 bridgehead atoms. The lowest BCUT2D eigenvalue weighted by molar-refractivity contribution is -0.157. The molecule has 1 spiro atoms. The van der Waals surface area contributed by atoms with Gasteiger partial charge in [-0.25, -0.2) is 0 Å². The molecule has 31 heavy (non-hydrogen) atoms. The molecule has 5 aliphatic rings. The summed E-state index contributed by atoms with van der Waals surface area (Å²) in [5.74, 6) is 1.91. The second-order valence-electron chi connectivity index (χ2n) is 9.84. The normalized spacial score (nSPS) is 32.6. The van der Waals surface area contributed by atoms with Crippen LogP contribution in [0.15, 0.2) is 18.2 Å². The molecule has 3 saturated carbocycles. The van der Waals surface area contributed by atoms with Gasteiger partial charge in [-0.05, 0) is 51.2 Å². The first-order valence-corrected chi connectivity index (χ1v) is 11.6. The van der Waals surface area contributed by atoms with Crippen molar-refractivity contribution in [1.29, 1.82) is 0 Å². The van der Waals surface area contributed by atoms with Gasteiger partial charge in [-0.3, -0.25) is 14.5 Å². The third-order valence-electron chi connectivity index (χ3n) is 7.94. The van der Waals surface area contributed by atoms with E-state index >= 15 is 0 Å². The molecule has 2 aliphatic heterocycles. The smallest absolute Gasteiger partial charge is 0.258 e. The minimum atomic E-state index is -0.702. The standard InChI is InChI=1S/C24H33N3O4/c1-15(2)26-8-10-27(11-9-26)23(29)20-12-17-5-4-16(20)14-24(17)25-22(28)19-7-6-18(30-3)13-21(19)31-24/h6-7,13,15-17,20H,4-5,8-12,14H2,1-3H3,(H,25,28)/t16-,17-,20+,24+/m1/s1. The SMILES string of the molecule is COc1ccc2c(c1)O[C@]1(C[C@H]3CC[C@@H]1C[C@@H]3C(=O)N1CCN(C(C)C)CC1)NC2=O. The summed E-state index contributed by atoms with van der Waals surface area (Å²) in [6, 6.07) is 5.85. The lowest BCUT2D eigenvalue weighted by Crippen LogP contribution is -2.67. The van der Waals surface area contributed by atoms with Crippen molar-refractivity contribution >= 4 is 11.8 Å². The van der Waals surface area contributed by atoms with Crippen molar-refractivity contribution in [3.05, 3.63) is 23.8 Å². The molecular formula is C24H33N3O4. The number of piperazine rings is 1. The Hall–Kier alpha value is -2.28. The highest BCUT2D eigenvalue weighted by atomic mass is 16.5. The van der Waals surface area contributed by atoms with Crippen molar-refractivity contribution in [1.82, 2.24) is 15.1 Å². The van der Waals surface area contributed by atoms with Gasteiger partial charge in [0.25, 0.3) is 5.91 Å². The van der Waals surface area contributed by atoms with Crippen LogP contribution in [0.5, 0.6) is 11.5 Å². The van der Waals surface area contributed by atoms with Gasteiger partial charge >= 0.3 is 0 Å². The highest BCUT2D eigenvalue weighted by Crippen LogP contribution is 2.53. The summed E-state index contributed by atoms with van der Waals surface area (Å²) in [5, 5.41) is 3.18. The molecule has 7 nitrogen and oxygen atoms in total. The molecule has 1 saturated heterocycles. The Labute approximate surface area is 184 Å². The lowest BCUT2D eigenvalue weighted by Gasteiger charge is -2.55. The highest BCUT2D eigenvalue weighted by Gasteiger charge is 2.57. The molecule has 4 atom stereocenters. The van der Waals surface area contributed by atoms with Crippen molar-refractivity contribution in [2.75, 3.05) is 33.3 Å². The summed E-state index contributed by atoms with van der Waals surface area (Å²) >= 11 is 0. The minimum absolute atomic E-state index is 0.0437. The van der Waals surface area contributed by atoms with Crippen LogP contribution in [-0.4, -0.2) is 66.7 Å². The van der Waals surface area contributed by atoms with Gasteiger partial charge in [0.2, 0.25) is 5.91 Å². The maximum absolute atomic E-state index is 13.4. The molecular weight excluding hydrogens is 394 g/mol. The van der Waals surface area contributed by atoms with E-state index in [2.05, 4.69) is 29.0 Å². The number of hydrogen-bond donors (Lipinski definition) is 1. The number of benzene rings is 1. The first-order chi connectivity index (χ1) is 14.9. The van der Waals surface area contributed by atoms with Crippen molar-refractivity contribution in [2.45, 2.75) is 51.3 Å². The Bertz CT molecular complexity index is 880. The van der Waals surface area contributed by atoms with E-state index in [4.69, 9.17) is 9.47 Å². The van der Waals surface area contributed by atoms with E-state index in [1.807, 2.05) is 0 Å². The number of methoxy groups -OCH3 is 1. The van der Waals surface area contributed by atoms with Gasteiger partial charge in [-0.15, -0.1) is 0 Å². The van der Waals surface area contributed by atoms with Crippen molar-refractivity contribution in [3.63, 3.8) is 0 Å². The Morgan fingerprint density at radius 3 is 2.65 bits per heavy atom. The summed E-state index contributed by atoms with van der Waals surface area (Å²) in [7, 11) is 1.61. The monoisotopic (exact) mass is 427 g/mol. The summed E-state index contributed by atoms with van der Waals surface area (Å²) in [6.45, 7) is 7.96. The summed E-state index contributed by atoms with van der Waals surface area (Å²) in [4.78, 5) is 30.8. The summed E-state index contributed by atoms with van der Waals surface area (Å²) < 4.78 is 11.8. The summed E-state index contributed by atoms with van der Waals surface area (Å²) in [5.41, 5.74) is -0.157. The van der Waals surface area contributed by atoms with Crippen LogP contribution in [0.1, 0.15) is 49.9 Å². The van der Waals surface area contributed by atoms with Crippen LogP contribution in [0.2, 0.25) is 0 Å². The predicted molar refractivity (Wildman–Crippen MR) is 116 cm³/mol. The number of carbonyl (C=O) groups excluding carboxylic acids is 2. The maximum atomic E-state index is 13.4. The number of carbonyl (C=O) groups is 2. The third-order valence-corrected chi connectivity index (χ3v) is 7.94. The van der Waals surface area contributed by atoms with Crippen LogP contribution in [0.25, 0.3) is 0 Å². The Balaban J connectivity index is 1.31. The van der Waals surface area contributed by atoms with E-state index < -0.39 is 5.72 Å². The average Bonchev–Trinajstić information content (AvgIpc) is 2.78. The zero-order valence-electron chi connectivity index (χ0n) is 18.7. The maximum Gasteiger partial charge on any atom is 0.258 e. The quantitative estimate of drug-likeness (QED) is 0.803. The molecule has 4 fully saturated rings. The van der Waals surface area contributed by atoms with E-state index in [1.165, 1.54) is 0 Å². The number of fused-ring (bicyclic) bond motifs is 3. The first-order valence-electron chi connectivity index (χ1n) is 11.6. The highest BCUT2D eigenvalue weighted by molar-refractivity contribution is 5.98. The van der Waals surface area contributed by atoms with Gasteiger partial charge < -0.3 is 19.7 Å². The Morgan fingerprint density at radius 1 is 1.23 bits per heavy atom. The molecule has 7 heteroatoms. The Morgan fingerprint density at radius 2 is 2.00 bits per heavy atom. The number of nitrogens with zero attached hydrogens (tertiary/aromatic N) is 2. The van der Waals surface area contributed by atoms with Crippen LogP contribution in [0, 0.1) is 17.8 Å². The number of nitrogens with one attached hydrogen (secondary N) is 1. The fraction of sp³-hybridized carbons (Fsp3) is 0.667. The molecule has 1 aromatic carbocycles. The van der Waals surface area contributed by atoms with Gasteiger partial charge in [0.1, 0.15) is 11.5 Å². The predicted octanol–water partition coefficient (Wildman–Crippen LogP) is 2.50. The molecule has 2 heterocycles. The number of amides is 2. The van der Waals surface area contributed by atoms with Crippen LogP contribution in [0.3, 0.4) is 0 Å². The van der Waals surface area contributed by atoms with E-state index in [9.17, 15) is 9.59 Å². The van der Waals surface area contributed by atoms with Gasteiger partial charge in [0.05, 0.1) is 12.7 Å². The van der Waals surface area contributed by atoms with Crippen molar-refractivity contribution < 1.29 is 19.1 Å². The fourth-order valence-corrected chi connectivity index (χ4v) is 6.11.